The van der Waals surface area contributed by atoms with Crippen molar-refractivity contribution in [1.29, 1.82) is 5.26 Å². The molecule has 0 spiro atoms. The molecule has 1 aliphatic carbocycles. The van der Waals surface area contributed by atoms with Crippen molar-refractivity contribution in [2.24, 2.45) is 0 Å². The maximum absolute atomic E-state index is 13.7. The van der Waals surface area contributed by atoms with Crippen LogP contribution in [0.5, 0.6) is 5.75 Å². The van der Waals surface area contributed by atoms with Crippen molar-refractivity contribution in [2.45, 2.75) is 31.6 Å². The molecule has 1 aromatic carbocycles. The Hall–Kier alpha value is -1.56. The number of halogens is 1. The predicted molar refractivity (Wildman–Crippen MR) is 53.9 cm³/mol. The van der Waals surface area contributed by atoms with Gasteiger partial charge in [0.05, 0.1) is 11.5 Å². The number of aryl methyl sites for hydroxylation is 1. The van der Waals surface area contributed by atoms with Crippen molar-refractivity contribution in [3.05, 3.63) is 29.1 Å². The molecule has 1 aromatic rings. The number of hydrogen-bond donors (Lipinski definition) is 1. The van der Waals surface area contributed by atoms with Crippen LogP contribution in [0.3, 0.4) is 0 Å². The number of nitriles is 1. The van der Waals surface area contributed by atoms with Crippen molar-refractivity contribution in [3.8, 4) is 11.8 Å². The lowest BCUT2D eigenvalue weighted by molar-refractivity contribution is 0.311. The summed E-state index contributed by atoms with van der Waals surface area (Å²) in [6.45, 7) is 1.64. The molecular weight excluding hydrogens is 193 g/mol. The topological polar surface area (TPSA) is 44.0 Å². The molecule has 0 saturated heterocycles. The van der Waals surface area contributed by atoms with Crippen molar-refractivity contribution in [2.75, 3.05) is 0 Å². The van der Waals surface area contributed by atoms with Gasteiger partial charge in [-0.2, -0.15) is 5.26 Å². The van der Waals surface area contributed by atoms with Crippen LogP contribution in [-0.2, 0) is 5.41 Å². The number of hydrogen-bond acceptors (Lipinski definition) is 2. The number of benzene rings is 1. The van der Waals surface area contributed by atoms with E-state index in [0.29, 0.717) is 24.0 Å². The van der Waals surface area contributed by atoms with E-state index >= 15 is 0 Å². The lowest BCUT2D eigenvalue weighted by atomic mass is 9.65. The molecule has 1 saturated carbocycles. The fraction of sp³-hybridized carbons (Fsp3) is 0.417. The summed E-state index contributed by atoms with van der Waals surface area (Å²) in [5.74, 6) is -0.320. The van der Waals surface area contributed by atoms with E-state index in [4.69, 9.17) is 5.26 Å². The van der Waals surface area contributed by atoms with E-state index in [9.17, 15) is 9.50 Å². The third kappa shape index (κ3) is 1.37. The molecule has 1 N–H and O–H groups in total. The molecule has 2 rings (SSSR count). The highest BCUT2D eigenvalue weighted by Gasteiger charge is 2.41. The molecule has 0 aliphatic heterocycles. The fourth-order valence-electron chi connectivity index (χ4n) is 2.00. The van der Waals surface area contributed by atoms with E-state index in [2.05, 4.69) is 6.07 Å². The molecule has 1 fully saturated rings. The van der Waals surface area contributed by atoms with Gasteiger partial charge >= 0.3 is 0 Å². The van der Waals surface area contributed by atoms with E-state index in [0.717, 1.165) is 6.42 Å². The van der Waals surface area contributed by atoms with Crippen LogP contribution in [0.1, 0.15) is 30.4 Å². The Balaban J connectivity index is 2.54. The SMILES string of the molecule is Cc1cc(F)c(C2(C#N)CCC2)cc1O. The van der Waals surface area contributed by atoms with Crippen LogP contribution < -0.4 is 0 Å². The molecule has 1 aliphatic rings. The van der Waals surface area contributed by atoms with Crippen LogP contribution in [-0.4, -0.2) is 5.11 Å². The largest absolute Gasteiger partial charge is 0.508 e. The first-order valence-corrected chi connectivity index (χ1v) is 5.00. The minimum atomic E-state index is -0.699. The minimum absolute atomic E-state index is 0.0629. The highest BCUT2D eigenvalue weighted by molar-refractivity contribution is 5.44. The van der Waals surface area contributed by atoms with Gasteiger partial charge in [0, 0.05) is 5.56 Å². The second-order valence-corrected chi connectivity index (χ2v) is 4.17. The normalized spacial score (nSPS) is 17.9. The smallest absolute Gasteiger partial charge is 0.128 e. The number of nitrogens with zero attached hydrogens (tertiary/aromatic N) is 1. The van der Waals surface area contributed by atoms with Gasteiger partial charge in [-0.1, -0.05) is 0 Å². The first-order valence-electron chi connectivity index (χ1n) is 5.00. The Bertz CT molecular complexity index is 444. The molecule has 0 unspecified atom stereocenters. The maximum atomic E-state index is 13.7. The van der Waals surface area contributed by atoms with E-state index in [-0.39, 0.29) is 11.6 Å². The zero-order valence-corrected chi connectivity index (χ0v) is 8.55. The summed E-state index contributed by atoms with van der Waals surface area (Å²) in [5.41, 5.74) is 0.151. The zero-order chi connectivity index (χ0) is 11.1. The molecule has 0 aromatic heterocycles. The summed E-state index contributed by atoms with van der Waals surface area (Å²) >= 11 is 0. The quantitative estimate of drug-likeness (QED) is 0.766. The van der Waals surface area contributed by atoms with Crippen molar-refractivity contribution >= 4 is 0 Å². The van der Waals surface area contributed by atoms with Crippen LogP contribution in [0.25, 0.3) is 0 Å². The summed E-state index contributed by atoms with van der Waals surface area (Å²) in [6, 6.07) is 4.86. The van der Waals surface area contributed by atoms with Crippen molar-refractivity contribution in [1.82, 2.24) is 0 Å². The van der Waals surface area contributed by atoms with Gasteiger partial charge < -0.3 is 5.11 Å². The van der Waals surface area contributed by atoms with Crippen LogP contribution in [0.15, 0.2) is 12.1 Å². The van der Waals surface area contributed by atoms with Crippen molar-refractivity contribution in [3.63, 3.8) is 0 Å². The Labute approximate surface area is 88.0 Å². The highest BCUT2D eigenvalue weighted by Crippen LogP contribution is 2.45. The molecule has 78 valence electrons. The Kier molecular flexibility index (Phi) is 2.15. The Morgan fingerprint density at radius 3 is 2.60 bits per heavy atom. The van der Waals surface area contributed by atoms with Gasteiger partial charge in [-0.15, -0.1) is 0 Å². The third-order valence-corrected chi connectivity index (χ3v) is 3.22. The van der Waals surface area contributed by atoms with E-state index in [1.165, 1.54) is 12.1 Å². The lowest BCUT2D eigenvalue weighted by Crippen LogP contribution is -2.33. The molecule has 0 heterocycles. The lowest BCUT2D eigenvalue weighted by Gasteiger charge is -2.35. The first kappa shape index (κ1) is 9.97. The molecular formula is C12H12FNO. The minimum Gasteiger partial charge on any atom is -0.508 e. The zero-order valence-electron chi connectivity index (χ0n) is 8.55. The van der Waals surface area contributed by atoms with E-state index in [1.807, 2.05) is 0 Å². The summed E-state index contributed by atoms with van der Waals surface area (Å²) in [6.07, 6.45) is 2.31. The molecule has 15 heavy (non-hydrogen) atoms. The molecule has 0 radical (unpaired) electrons. The number of phenolic OH excluding ortho intramolecular Hbond substituents is 1. The molecule has 0 amide bonds. The molecule has 0 bridgehead atoms. The standard InChI is InChI=1S/C12H12FNO/c1-8-5-10(13)9(6-11(8)15)12(7-14)3-2-4-12/h5-6,15H,2-4H2,1H3. The monoisotopic (exact) mass is 205 g/mol. The fourth-order valence-corrected chi connectivity index (χ4v) is 2.00. The number of rotatable bonds is 1. The molecule has 2 nitrogen and oxygen atoms in total. The van der Waals surface area contributed by atoms with Crippen LogP contribution in [0.2, 0.25) is 0 Å². The van der Waals surface area contributed by atoms with Crippen LogP contribution in [0.4, 0.5) is 4.39 Å². The predicted octanol–water partition coefficient (Wildman–Crippen LogP) is 2.79. The van der Waals surface area contributed by atoms with Gasteiger partial charge in [-0.25, -0.2) is 4.39 Å². The van der Waals surface area contributed by atoms with Gasteiger partial charge in [-0.05, 0) is 43.9 Å². The summed E-state index contributed by atoms with van der Waals surface area (Å²) in [4.78, 5) is 0. The van der Waals surface area contributed by atoms with Gasteiger partial charge in [0.25, 0.3) is 0 Å². The van der Waals surface area contributed by atoms with Crippen LogP contribution >= 0.6 is 0 Å². The average molecular weight is 205 g/mol. The van der Waals surface area contributed by atoms with Gasteiger partial charge in [-0.3, -0.25) is 0 Å². The summed E-state index contributed by atoms with van der Waals surface area (Å²) in [5, 5.41) is 18.6. The van der Waals surface area contributed by atoms with E-state index < -0.39 is 5.41 Å². The van der Waals surface area contributed by atoms with Crippen molar-refractivity contribution < 1.29 is 9.50 Å². The second kappa shape index (κ2) is 3.23. The molecule has 0 atom stereocenters. The number of phenols is 1. The third-order valence-electron chi connectivity index (χ3n) is 3.22. The Morgan fingerprint density at radius 1 is 1.47 bits per heavy atom. The summed E-state index contributed by atoms with van der Waals surface area (Å²) < 4.78 is 13.7. The van der Waals surface area contributed by atoms with Crippen LogP contribution in [0, 0.1) is 24.1 Å². The maximum Gasteiger partial charge on any atom is 0.128 e. The van der Waals surface area contributed by atoms with Gasteiger partial charge in [0.1, 0.15) is 11.6 Å². The second-order valence-electron chi connectivity index (χ2n) is 4.17. The average Bonchev–Trinajstić information content (AvgIpc) is 2.12. The molecule has 3 heteroatoms. The Morgan fingerprint density at radius 2 is 2.13 bits per heavy atom. The van der Waals surface area contributed by atoms with E-state index in [1.54, 1.807) is 6.92 Å². The summed E-state index contributed by atoms with van der Waals surface area (Å²) in [7, 11) is 0. The first-order chi connectivity index (χ1) is 7.09. The highest BCUT2D eigenvalue weighted by atomic mass is 19.1. The number of aromatic hydroxyl groups is 1. The van der Waals surface area contributed by atoms with Gasteiger partial charge in [0.2, 0.25) is 0 Å². The van der Waals surface area contributed by atoms with Gasteiger partial charge in [0.15, 0.2) is 0 Å².